The number of nitrogens with zero attached hydrogens (tertiary/aromatic N) is 3. The fourth-order valence-electron chi connectivity index (χ4n) is 0.543. The molecule has 0 heterocycles. The molecule has 0 aliphatic carbocycles. The predicted molar refractivity (Wildman–Crippen MR) is 46.8 cm³/mol. The highest BCUT2D eigenvalue weighted by atomic mass is 16.7. The number of ether oxygens (including phenoxy) is 1. The van der Waals surface area contributed by atoms with Crippen LogP contribution in [0.4, 0.5) is 4.79 Å². The SMILES string of the molecule is COC(=O)N(C)CNC(N)=N[N+](=O)[O-]. The predicted octanol–water partition coefficient (Wildman–Crippen LogP) is -1.26. The third kappa shape index (κ3) is 4.74. The summed E-state index contributed by atoms with van der Waals surface area (Å²) in [5, 5.41) is 14.0. The van der Waals surface area contributed by atoms with Gasteiger partial charge in [-0.25, -0.2) is 14.9 Å². The second kappa shape index (κ2) is 5.56. The zero-order valence-electron chi connectivity index (χ0n) is 7.76. The second-order valence-corrected chi connectivity index (χ2v) is 2.23. The van der Waals surface area contributed by atoms with Gasteiger partial charge < -0.3 is 15.8 Å². The number of guanidine groups is 1. The number of carbonyl (C=O) groups excluding carboxylic acids is 1. The Morgan fingerprint density at radius 2 is 2.36 bits per heavy atom. The number of hydrazone groups is 1. The van der Waals surface area contributed by atoms with Gasteiger partial charge in [-0.3, -0.25) is 4.90 Å². The average Bonchev–Trinajstić information content (AvgIpc) is 2.11. The highest BCUT2D eigenvalue weighted by molar-refractivity contribution is 5.77. The molecule has 0 unspecified atom stereocenters. The van der Waals surface area contributed by atoms with Crippen LogP contribution in [0, 0.1) is 10.1 Å². The van der Waals surface area contributed by atoms with E-state index in [9.17, 15) is 14.9 Å². The van der Waals surface area contributed by atoms with Gasteiger partial charge in [-0.1, -0.05) is 0 Å². The number of hydrogen-bond donors (Lipinski definition) is 2. The molecule has 0 rings (SSSR count). The Morgan fingerprint density at radius 3 is 2.79 bits per heavy atom. The van der Waals surface area contributed by atoms with E-state index in [2.05, 4.69) is 15.2 Å². The van der Waals surface area contributed by atoms with Crippen LogP contribution in [0.15, 0.2) is 5.10 Å². The minimum Gasteiger partial charge on any atom is -0.453 e. The molecule has 0 aromatic rings. The van der Waals surface area contributed by atoms with E-state index in [-0.39, 0.29) is 12.6 Å². The molecular formula is C5H11N5O4. The van der Waals surface area contributed by atoms with E-state index >= 15 is 0 Å². The maximum atomic E-state index is 10.8. The molecule has 0 aliphatic rings. The average molecular weight is 205 g/mol. The number of carbonyl (C=O) groups is 1. The largest absolute Gasteiger partial charge is 0.453 e. The molecular weight excluding hydrogens is 194 g/mol. The first-order valence-corrected chi connectivity index (χ1v) is 3.48. The molecule has 0 saturated heterocycles. The van der Waals surface area contributed by atoms with Crippen molar-refractivity contribution in [3.8, 4) is 0 Å². The fraction of sp³-hybridized carbons (Fsp3) is 0.600. The van der Waals surface area contributed by atoms with Gasteiger partial charge in [0.05, 0.1) is 13.8 Å². The number of rotatable bonds is 3. The number of hydrogen-bond acceptors (Lipinski definition) is 4. The molecule has 0 aromatic heterocycles. The molecule has 14 heavy (non-hydrogen) atoms. The molecule has 3 N–H and O–H groups in total. The van der Waals surface area contributed by atoms with Gasteiger partial charge in [0, 0.05) is 7.05 Å². The fourth-order valence-corrected chi connectivity index (χ4v) is 0.543. The first-order valence-electron chi connectivity index (χ1n) is 3.48. The normalized spacial score (nSPS) is 10.6. The van der Waals surface area contributed by atoms with Crippen LogP contribution in [0.5, 0.6) is 0 Å². The van der Waals surface area contributed by atoms with Gasteiger partial charge in [0.2, 0.25) is 0 Å². The number of amides is 1. The lowest BCUT2D eigenvalue weighted by molar-refractivity contribution is -0.485. The van der Waals surface area contributed by atoms with Gasteiger partial charge in [0.25, 0.3) is 5.96 Å². The third-order valence-corrected chi connectivity index (χ3v) is 1.17. The Bertz CT molecular complexity index is 253. The van der Waals surface area contributed by atoms with E-state index in [0.29, 0.717) is 0 Å². The van der Waals surface area contributed by atoms with Crippen molar-refractivity contribution >= 4 is 12.1 Å². The zero-order chi connectivity index (χ0) is 11.1. The Balaban J connectivity index is 3.94. The number of nitrogens with two attached hydrogens (primary N) is 1. The lowest BCUT2D eigenvalue weighted by atomic mass is 10.8. The van der Waals surface area contributed by atoms with E-state index in [0.717, 1.165) is 4.90 Å². The summed E-state index contributed by atoms with van der Waals surface area (Å²) >= 11 is 0. The van der Waals surface area contributed by atoms with Crippen molar-refractivity contribution < 1.29 is 14.6 Å². The molecule has 0 radical (unpaired) electrons. The zero-order valence-corrected chi connectivity index (χ0v) is 7.76. The lowest BCUT2D eigenvalue weighted by Crippen LogP contribution is -2.42. The van der Waals surface area contributed by atoms with Crippen molar-refractivity contribution in [2.75, 3.05) is 20.8 Å². The Labute approximate surface area is 79.6 Å². The maximum Gasteiger partial charge on any atom is 0.410 e. The summed E-state index contributed by atoms with van der Waals surface area (Å²) in [5.41, 5.74) is 5.08. The molecule has 0 spiro atoms. The number of nitro groups is 1. The molecule has 0 saturated carbocycles. The molecule has 0 aliphatic heterocycles. The van der Waals surface area contributed by atoms with Gasteiger partial charge in [-0.15, -0.1) is 0 Å². The second-order valence-electron chi connectivity index (χ2n) is 2.23. The summed E-state index contributed by atoms with van der Waals surface area (Å²) in [6, 6.07) is 0. The number of nitrogens with one attached hydrogen (secondary N) is 1. The molecule has 0 fully saturated rings. The van der Waals surface area contributed by atoms with Crippen LogP contribution in [-0.4, -0.2) is 42.8 Å². The summed E-state index contributed by atoms with van der Waals surface area (Å²) in [4.78, 5) is 21.8. The van der Waals surface area contributed by atoms with E-state index < -0.39 is 11.1 Å². The lowest BCUT2D eigenvalue weighted by Gasteiger charge is -2.15. The van der Waals surface area contributed by atoms with E-state index in [1.54, 1.807) is 0 Å². The van der Waals surface area contributed by atoms with Crippen molar-refractivity contribution in [2.45, 2.75) is 0 Å². The van der Waals surface area contributed by atoms with Gasteiger partial charge >= 0.3 is 6.09 Å². The maximum absolute atomic E-state index is 10.8. The van der Waals surface area contributed by atoms with Gasteiger partial charge in [0.1, 0.15) is 5.10 Å². The molecule has 9 nitrogen and oxygen atoms in total. The van der Waals surface area contributed by atoms with Crippen LogP contribution in [-0.2, 0) is 4.74 Å². The van der Waals surface area contributed by atoms with Gasteiger partial charge in [0.15, 0.2) is 5.03 Å². The summed E-state index contributed by atoms with van der Waals surface area (Å²) in [5.74, 6) is -0.384. The van der Waals surface area contributed by atoms with Gasteiger partial charge in [-0.2, -0.15) is 0 Å². The summed E-state index contributed by atoms with van der Waals surface area (Å²) in [7, 11) is 2.64. The van der Waals surface area contributed by atoms with Gasteiger partial charge in [-0.05, 0) is 0 Å². The van der Waals surface area contributed by atoms with Crippen LogP contribution >= 0.6 is 0 Å². The van der Waals surface area contributed by atoms with E-state index in [1.165, 1.54) is 14.2 Å². The van der Waals surface area contributed by atoms with Crippen molar-refractivity contribution in [3.05, 3.63) is 10.1 Å². The molecule has 0 aromatic carbocycles. The Kier molecular flexibility index (Phi) is 4.74. The van der Waals surface area contributed by atoms with Crippen molar-refractivity contribution in [2.24, 2.45) is 10.8 Å². The molecule has 9 heteroatoms. The number of methoxy groups -OCH3 is 1. The van der Waals surface area contributed by atoms with Crippen molar-refractivity contribution in [3.63, 3.8) is 0 Å². The minimum atomic E-state index is -0.944. The highest BCUT2D eigenvalue weighted by Crippen LogP contribution is 1.84. The van der Waals surface area contributed by atoms with Crippen molar-refractivity contribution in [1.82, 2.24) is 10.2 Å². The van der Waals surface area contributed by atoms with E-state index in [4.69, 9.17) is 5.73 Å². The molecule has 0 bridgehead atoms. The first kappa shape index (κ1) is 11.9. The topological polar surface area (TPSA) is 123 Å². The van der Waals surface area contributed by atoms with Crippen LogP contribution < -0.4 is 11.1 Å². The monoisotopic (exact) mass is 205 g/mol. The summed E-state index contributed by atoms with van der Waals surface area (Å²) in [6.07, 6.45) is -0.591. The van der Waals surface area contributed by atoms with Crippen LogP contribution in [0.2, 0.25) is 0 Å². The van der Waals surface area contributed by atoms with Crippen LogP contribution in [0.3, 0.4) is 0 Å². The smallest absolute Gasteiger partial charge is 0.410 e. The first-order chi connectivity index (χ1) is 6.47. The van der Waals surface area contributed by atoms with Crippen LogP contribution in [0.25, 0.3) is 0 Å². The van der Waals surface area contributed by atoms with E-state index in [1.807, 2.05) is 0 Å². The molecule has 0 atom stereocenters. The highest BCUT2D eigenvalue weighted by Gasteiger charge is 2.07. The third-order valence-electron chi connectivity index (χ3n) is 1.17. The van der Waals surface area contributed by atoms with Crippen molar-refractivity contribution in [1.29, 1.82) is 0 Å². The molecule has 80 valence electrons. The Hall–Kier alpha value is -2.06. The summed E-state index contributed by atoms with van der Waals surface area (Å²) in [6.45, 7) is -0.0319. The Morgan fingerprint density at radius 1 is 1.79 bits per heavy atom. The minimum absolute atomic E-state index is 0.0319. The molecule has 1 amide bonds. The summed E-state index contributed by atoms with van der Waals surface area (Å²) < 4.78 is 4.36. The standard InChI is InChI=1S/C5H11N5O4/c1-9(5(11)14-2)3-7-4(6)8-10(12)13/h3H2,1-2H3,(H3,6,7,8). The van der Waals surface area contributed by atoms with Crippen LogP contribution in [0.1, 0.15) is 0 Å². The quantitative estimate of drug-likeness (QED) is 0.195.